The van der Waals surface area contributed by atoms with Crippen LogP contribution in [0.4, 0.5) is 0 Å². The van der Waals surface area contributed by atoms with Gasteiger partial charge in [0.2, 0.25) is 0 Å². The lowest BCUT2D eigenvalue weighted by molar-refractivity contribution is -0.895. The van der Waals surface area contributed by atoms with Gasteiger partial charge in [-0.15, -0.1) is 0 Å². The molecule has 0 unspecified atom stereocenters. The summed E-state index contributed by atoms with van der Waals surface area (Å²) in [6.07, 6.45) is 0. The molecule has 27 heavy (non-hydrogen) atoms. The zero-order chi connectivity index (χ0) is 19.2. The van der Waals surface area contributed by atoms with Crippen molar-refractivity contribution in [2.24, 2.45) is 0 Å². The van der Waals surface area contributed by atoms with Gasteiger partial charge >= 0.3 is 0 Å². The minimum atomic E-state index is -0.0598. The normalized spacial score (nSPS) is 11.1. The second-order valence-electron chi connectivity index (χ2n) is 6.54. The van der Waals surface area contributed by atoms with E-state index in [0.717, 1.165) is 41.8 Å². The van der Waals surface area contributed by atoms with Gasteiger partial charge in [0.15, 0.2) is 0 Å². The molecule has 0 bridgehead atoms. The van der Waals surface area contributed by atoms with Crippen molar-refractivity contribution in [2.75, 3.05) is 26.2 Å². The highest BCUT2D eigenvalue weighted by molar-refractivity contribution is 6.30. The second kappa shape index (κ2) is 8.98. The van der Waals surface area contributed by atoms with Crippen LogP contribution in [0.2, 0.25) is 5.02 Å². The molecule has 3 aromatic rings. The number of carbonyl (C=O) groups is 1. The Labute approximate surface area is 165 Å². The average molecular weight is 383 g/mol. The highest BCUT2D eigenvalue weighted by Crippen LogP contribution is 2.25. The van der Waals surface area contributed by atoms with Crippen molar-refractivity contribution in [3.63, 3.8) is 0 Å². The molecule has 0 aliphatic rings. The molecule has 2 aromatic carbocycles. The van der Waals surface area contributed by atoms with Crippen LogP contribution in [0.25, 0.3) is 22.2 Å². The summed E-state index contributed by atoms with van der Waals surface area (Å²) in [6, 6.07) is 17.1. The number of carbonyl (C=O) groups excluding carboxylic acids is 1. The maximum atomic E-state index is 12.9. The predicted molar refractivity (Wildman–Crippen MR) is 111 cm³/mol. The van der Waals surface area contributed by atoms with Gasteiger partial charge < -0.3 is 10.2 Å². The van der Waals surface area contributed by atoms with Gasteiger partial charge in [-0.05, 0) is 38.1 Å². The first-order valence-corrected chi connectivity index (χ1v) is 9.77. The molecule has 1 heterocycles. The molecule has 0 saturated carbocycles. The highest BCUT2D eigenvalue weighted by Gasteiger charge is 2.14. The molecule has 5 heteroatoms. The number of hydrogen-bond donors (Lipinski definition) is 2. The molecule has 0 saturated heterocycles. The molecule has 0 fully saturated rings. The number of benzene rings is 2. The van der Waals surface area contributed by atoms with Gasteiger partial charge in [-0.1, -0.05) is 41.9 Å². The largest absolute Gasteiger partial charge is 0.346 e. The molecule has 0 spiro atoms. The van der Waals surface area contributed by atoms with Crippen LogP contribution in [0.5, 0.6) is 0 Å². The fourth-order valence-electron chi connectivity index (χ4n) is 3.18. The second-order valence-corrected chi connectivity index (χ2v) is 6.98. The first-order chi connectivity index (χ1) is 13.1. The lowest BCUT2D eigenvalue weighted by Crippen LogP contribution is -3.12. The summed E-state index contributed by atoms with van der Waals surface area (Å²) in [5.41, 5.74) is 3.17. The van der Waals surface area contributed by atoms with E-state index in [9.17, 15) is 4.79 Å². The van der Waals surface area contributed by atoms with Crippen LogP contribution >= 0.6 is 11.6 Å². The molecule has 1 aromatic heterocycles. The number of para-hydroxylation sites is 1. The van der Waals surface area contributed by atoms with Gasteiger partial charge in [-0.25, -0.2) is 4.98 Å². The molecular formula is C22H25ClN3O+. The average Bonchev–Trinajstić information content (AvgIpc) is 2.70. The van der Waals surface area contributed by atoms with Crippen molar-refractivity contribution in [3.05, 3.63) is 65.2 Å². The first kappa shape index (κ1) is 19.3. The Morgan fingerprint density at radius 2 is 1.78 bits per heavy atom. The minimum Gasteiger partial charge on any atom is -0.346 e. The Balaban J connectivity index is 1.91. The summed E-state index contributed by atoms with van der Waals surface area (Å²) in [5, 5.41) is 4.61. The molecule has 1 amide bonds. The van der Waals surface area contributed by atoms with Crippen LogP contribution in [0, 0.1) is 0 Å². The highest BCUT2D eigenvalue weighted by atomic mass is 35.5. The monoisotopic (exact) mass is 382 g/mol. The molecule has 0 aliphatic heterocycles. The number of aromatic nitrogens is 1. The number of amides is 1. The van der Waals surface area contributed by atoms with Crippen LogP contribution in [0.3, 0.4) is 0 Å². The number of rotatable bonds is 7. The Bertz CT molecular complexity index is 920. The van der Waals surface area contributed by atoms with E-state index in [2.05, 4.69) is 19.2 Å². The fraction of sp³-hybridized carbons (Fsp3) is 0.273. The maximum Gasteiger partial charge on any atom is 0.252 e. The van der Waals surface area contributed by atoms with Crippen LogP contribution < -0.4 is 10.2 Å². The van der Waals surface area contributed by atoms with Crippen LogP contribution in [0.1, 0.15) is 24.2 Å². The van der Waals surface area contributed by atoms with Gasteiger partial charge in [0.1, 0.15) is 0 Å². The summed E-state index contributed by atoms with van der Waals surface area (Å²) < 4.78 is 0. The summed E-state index contributed by atoms with van der Waals surface area (Å²) >= 11 is 6.00. The van der Waals surface area contributed by atoms with Gasteiger partial charge in [0, 0.05) is 16.0 Å². The number of likely N-dealkylation sites (N-methyl/N-ethyl adjacent to an activating group) is 1. The third-order valence-electron chi connectivity index (χ3n) is 4.86. The number of nitrogens with one attached hydrogen (secondary N) is 2. The fourth-order valence-corrected chi connectivity index (χ4v) is 3.31. The zero-order valence-electron chi connectivity index (χ0n) is 15.8. The molecule has 140 valence electrons. The third-order valence-corrected chi connectivity index (χ3v) is 5.12. The lowest BCUT2D eigenvalue weighted by atomic mass is 10.0. The molecule has 0 aliphatic carbocycles. The molecule has 4 nitrogen and oxygen atoms in total. The molecule has 0 atom stereocenters. The Morgan fingerprint density at radius 3 is 2.48 bits per heavy atom. The minimum absolute atomic E-state index is 0.0598. The van der Waals surface area contributed by atoms with E-state index in [4.69, 9.17) is 16.6 Å². The number of pyridine rings is 1. The Kier molecular flexibility index (Phi) is 6.43. The number of fused-ring (bicyclic) bond motifs is 1. The quantitative estimate of drug-likeness (QED) is 0.659. The van der Waals surface area contributed by atoms with Crippen molar-refractivity contribution in [1.82, 2.24) is 10.3 Å². The predicted octanol–water partition coefficient (Wildman–Crippen LogP) is 3.21. The molecular weight excluding hydrogens is 358 g/mol. The van der Waals surface area contributed by atoms with E-state index >= 15 is 0 Å². The molecule has 2 N–H and O–H groups in total. The summed E-state index contributed by atoms with van der Waals surface area (Å²) in [4.78, 5) is 19.1. The van der Waals surface area contributed by atoms with Gasteiger partial charge in [-0.3, -0.25) is 4.79 Å². The SMILES string of the molecule is CC[NH+](CC)CCNC(=O)c1cc(-c2ccc(Cl)cc2)nc2ccccc12. The maximum absolute atomic E-state index is 12.9. The zero-order valence-corrected chi connectivity index (χ0v) is 16.5. The van der Waals surface area contributed by atoms with Gasteiger partial charge in [0.25, 0.3) is 5.91 Å². The number of quaternary nitrogens is 1. The third kappa shape index (κ3) is 4.65. The van der Waals surface area contributed by atoms with E-state index in [1.165, 1.54) is 4.90 Å². The molecule has 0 radical (unpaired) electrons. The summed E-state index contributed by atoms with van der Waals surface area (Å²) in [5.74, 6) is -0.0598. The number of hydrogen-bond acceptors (Lipinski definition) is 2. The molecule has 3 rings (SSSR count). The lowest BCUT2D eigenvalue weighted by Gasteiger charge is -2.16. The van der Waals surface area contributed by atoms with Gasteiger partial charge in [0.05, 0.1) is 43.0 Å². The summed E-state index contributed by atoms with van der Waals surface area (Å²) in [6.45, 7) is 8.02. The Morgan fingerprint density at radius 1 is 1.07 bits per heavy atom. The van der Waals surface area contributed by atoms with Crippen molar-refractivity contribution in [1.29, 1.82) is 0 Å². The van der Waals surface area contributed by atoms with E-state index < -0.39 is 0 Å². The van der Waals surface area contributed by atoms with Crippen LogP contribution in [0.15, 0.2) is 54.6 Å². The van der Waals surface area contributed by atoms with E-state index in [1.807, 2.05) is 54.6 Å². The van der Waals surface area contributed by atoms with Crippen molar-refractivity contribution < 1.29 is 9.69 Å². The van der Waals surface area contributed by atoms with E-state index in [-0.39, 0.29) is 5.91 Å². The summed E-state index contributed by atoms with van der Waals surface area (Å²) in [7, 11) is 0. The number of halogens is 1. The van der Waals surface area contributed by atoms with E-state index in [1.54, 1.807) is 0 Å². The van der Waals surface area contributed by atoms with Crippen molar-refractivity contribution >= 4 is 28.4 Å². The smallest absolute Gasteiger partial charge is 0.252 e. The topological polar surface area (TPSA) is 46.4 Å². The van der Waals surface area contributed by atoms with E-state index in [0.29, 0.717) is 17.1 Å². The standard InChI is InChI=1S/C22H24ClN3O/c1-3-26(4-2)14-13-24-22(27)19-15-21(16-9-11-17(23)12-10-16)25-20-8-6-5-7-18(19)20/h5-12,15H,3-4,13-14H2,1-2H3,(H,24,27)/p+1. The first-order valence-electron chi connectivity index (χ1n) is 9.39. The van der Waals surface area contributed by atoms with Crippen LogP contribution in [-0.4, -0.2) is 37.1 Å². The van der Waals surface area contributed by atoms with Gasteiger partial charge in [-0.2, -0.15) is 0 Å². The van der Waals surface area contributed by atoms with Crippen molar-refractivity contribution in [2.45, 2.75) is 13.8 Å². The van der Waals surface area contributed by atoms with Crippen molar-refractivity contribution in [3.8, 4) is 11.3 Å². The van der Waals surface area contributed by atoms with Crippen LogP contribution in [-0.2, 0) is 0 Å². The number of nitrogens with zero attached hydrogens (tertiary/aromatic N) is 1. The Hall–Kier alpha value is -2.43.